The molecule has 0 atom stereocenters. The number of hydrogen-bond acceptors (Lipinski definition) is 4. The van der Waals surface area contributed by atoms with Gasteiger partial charge in [0.15, 0.2) is 0 Å². The number of benzene rings is 1. The molecule has 1 rings (SSSR count). The van der Waals surface area contributed by atoms with Gasteiger partial charge in [0.05, 0.1) is 26.4 Å². The van der Waals surface area contributed by atoms with Crippen molar-refractivity contribution in [3.05, 3.63) is 29.3 Å². The standard InChI is InChI=1S/C12H19NO3/c1-9-3-4-12(16-2)10(5-9)6-13-11(7-14)8-15/h3-5,11,13-15H,6-8H2,1-2H3. The highest BCUT2D eigenvalue weighted by Gasteiger charge is 2.07. The van der Waals surface area contributed by atoms with E-state index in [-0.39, 0.29) is 19.3 Å². The molecule has 0 bridgehead atoms. The van der Waals surface area contributed by atoms with Crippen LogP contribution in [0.5, 0.6) is 5.75 Å². The van der Waals surface area contributed by atoms with E-state index < -0.39 is 0 Å². The molecule has 1 aromatic rings. The molecule has 0 aromatic heterocycles. The first-order chi connectivity index (χ1) is 7.71. The Morgan fingerprint density at radius 1 is 1.31 bits per heavy atom. The van der Waals surface area contributed by atoms with Crippen molar-refractivity contribution in [3.8, 4) is 5.75 Å². The van der Waals surface area contributed by atoms with Gasteiger partial charge in [-0.2, -0.15) is 0 Å². The van der Waals surface area contributed by atoms with E-state index >= 15 is 0 Å². The summed E-state index contributed by atoms with van der Waals surface area (Å²) >= 11 is 0. The number of ether oxygens (including phenoxy) is 1. The third kappa shape index (κ3) is 3.48. The van der Waals surface area contributed by atoms with Gasteiger partial charge in [0.1, 0.15) is 5.75 Å². The molecular weight excluding hydrogens is 206 g/mol. The number of aliphatic hydroxyl groups excluding tert-OH is 2. The van der Waals surface area contributed by atoms with Crippen LogP contribution in [0.4, 0.5) is 0 Å². The molecule has 3 N–H and O–H groups in total. The molecule has 0 aliphatic heterocycles. The van der Waals surface area contributed by atoms with Crippen LogP contribution in [0.15, 0.2) is 18.2 Å². The first kappa shape index (κ1) is 13.0. The first-order valence-electron chi connectivity index (χ1n) is 5.30. The predicted octanol–water partition coefficient (Wildman–Crippen LogP) is 0.446. The summed E-state index contributed by atoms with van der Waals surface area (Å²) < 4.78 is 5.23. The molecule has 16 heavy (non-hydrogen) atoms. The summed E-state index contributed by atoms with van der Waals surface area (Å²) in [6, 6.07) is 5.64. The van der Waals surface area contributed by atoms with Crippen LogP contribution in [0.1, 0.15) is 11.1 Å². The average Bonchev–Trinajstić information content (AvgIpc) is 2.30. The van der Waals surface area contributed by atoms with E-state index in [2.05, 4.69) is 5.32 Å². The maximum atomic E-state index is 8.93. The van der Waals surface area contributed by atoms with Crippen LogP contribution >= 0.6 is 0 Å². The van der Waals surface area contributed by atoms with E-state index in [0.717, 1.165) is 16.9 Å². The molecule has 90 valence electrons. The summed E-state index contributed by atoms with van der Waals surface area (Å²) in [6.07, 6.45) is 0. The zero-order chi connectivity index (χ0) is 12.0. The SMILES string of the molecule is COc1ccc(C)cc1CNC(CO)CO. The Balaban J connectivity index is 2.68. The predicted molar refractivity (Wildman–Crippen MR) is 62.5 cm³/mol. The van der Waals surface area contributed by atoms with E-state index in [0.29, 0.717) is 6.54 Å². The van der Waals surface area contributed by atoms with Crippen LogP contribution < -0.4 is 10.1 Å². The average molecular weight is 225 g/mol. The lowest BCUT2D eigenvalue weighted by molar-refractivity contribution is 0.170. The minimum atomic E-state index is -0.287. The second kappa shape index (κ2) is 6.48. The molecule has 4 heteroatoms. The van der Waals surface area contributed by atoms with Crippen molar-refractivity contribution in [2.75, 3.05) is 20.3 Å². The Hall–Kier alpha value is -1.10. The fraction of sp³-hybridized carbons (Fsp3) is 0.500. The molecule has 0 unspecified atom stereocenters. The fourth-order valence-electron chi connectivity index (χ4n) is 1.49. The molecule has 0 saturated carbocycles. The van der Waals surface area contributed by atoms with Gasteiger partial charge in [-0.15, -0.1) is 0 Å². The summed E-state index contributed by atoms with van der Waals surface area (Å²) in [5, 5.41) is 20.9. The number of aliphatic hydroxyl groups is 2. The zero-order valence-electron chi connectivity index (χ0n) is 9.73. The van der Waals surface area contributed by atoms with E-state index in [4.69, 9.17) is 14.9 Å². The monoisotopic (exact) mass is 225 g/mol. The van der Waals surface area contributed by atoms with Gasteiger partial charge in [-0.1, -0.05) is 17.7 Å². The topological polar surface area (TPSA) is 61.7 Å². The Labute approximate surface area is 95.9 Å². The lowest BCUT2D eigenvalue weighted by Crippen LogP contribution is -2.35. The second-order valence-electron chi connectivity index (χ2n) is 3.76. The Bertz CT molecular complexity index is 324. The molecular formula is C12H19NO3. The van der Waals surface area contributed by atoms with E-state index in [1.165, 1.54) is 0 Å². The lowest BCUT2D eigenvalue weighted by Gasteiger charge is -2.15. The van der Waals surface area contributed by atoms with E-state index in [1.54, 1.807) is 7.11 Å². The maximum absolute atomic E-state index is 8.93. The molecule has 0 fully saturated rings. The van der Waals surface area contributed by atoms with Crippen molar-refractivity contribution in [1.29, 1.82) is 0 Å². The van der Waals surface area contributed by atoms with Crippen molar-refractivity contribution in [1.82, 2.24) is 5.32 Å². The van der Waals surface area contributed by atoms with Crippen LogP contribution in [-0.4, -0.2) is 36.6 Å². The molecule has 0 heterocycles. The summed E-state index contributed by atoms with van der Waals surface area (Å²) in [4.78, 5) is 0. The van der Waals surface area contributed by atoms with Gasteiger partial charge in [-0.05, 0) is 13.0 Å². The van der Waals surface area contributed by atoms with Crippen molar-refractivity contribution in [2.24, 2.45) is 0 Å². The van der Waals surface area contributed by atoms with Gasteiger partial charge in [0.2, 0.25) is 0 Å². The maximum Gasteiger partial charge on any atom is 0.123 e. The molecule has 0 aliphatic carbocycles. The van der Waals surface area contributed by atoms with Gasteiger partial charge in [-0.3, -0.25) is 0 Å². The third-order valence-corrected chi connectivity index (χ3v) is 2.46. The summed E-state index contributed by atoms with van der Waals surface area (Å²) in [7, 11) is 1.63. The Morgan fingerprint density at radius 2 is 2.00 bits per heavy atom. The highest BCUT2D eigenvalue weighted by molar-refractivity contribution is 5.36. The lowest BCUT2D eigenvalue weighted by atomic mass is 10.1. The molecule has 0 amide bonds. The fourth-order valence-corrected chi connectivity index (χ4v) is 1.49. The molecule has 0 saturated heterocycles. The van der Waals surface area contributed by atoms with Crippen molar-refractivity contribution in [3.63, 3.8) is 0 Å². The van der Waals surface area contributed by atoms with Crippen LogP contribution in [0.3, 0.4) is 0 Å². The number of aryl methyl sites for hydroxylation is 1. The zero-order valence-corrected chi connectivity index (χ0v) is 9.73. The Morgan fingerprint density at radius 3 is 2.56 bits per heavy atom. The smallest absolute Gasteiger partial charge is 0.123 e. The van der Waals surface area contributed by atoms with E-state index in [9.17, 15) is 0 Å². The molecule has 0 aliphatic rings. The minimum Gasteiger partial charge on any atom is -0.496 e. The Kier molecular flexibility index (Phi) is 5.25. The van der Waals surface area contributed by atoms with Crippen LogP contribution in [0.25, 0.3) is 0 Å². The first-order valence-corrected chi connectivity index (χ1v) is 5.30. The van der Waals surface area contributed by atoms with Gasteiger partial charge in [0.25, 0.3) is 0 Å². The summed E-state index contributed by atoms with van der Waals surface area (Å²) in [5.41, 5.74) is 2.18. The molecule has 0 radical (unpaired) electrons. The van der Waals surface area contributed by atoms with Gasteiger partial charge < -0.3 is 20.3 Å². The number of methoxy groups -OCH3 is 1. The molecule has 4 nitrogen and oxygen atoms in total. The van der Waals surface area contributed by atoms with Crippen molar-refractivity contribution >= 4 is 0 Å². The van der Waals surface area contributed by atoms with Gasteiger partial charge in [0, 0.05) is 12.1 Å². The summed E-state index contributed by atoms with van der Waals surface area (Å²) in [5.74, 6) is 0.813. The van der Waals surface area contributed by atoms with Crippen LogP contribution in [0, 0.1) is 6.92 Å². The quantitative estimate of drug-likeness (QED) is 0.657. The largest absolute Gasteiger partial charge is 0.496 e. The van der Waals surface area contributed by atoms with Crippen LogP contribution in [-0.2, 0) is 6.54 Å². The normalized spacial score (nSPS) is 10.8. The number of rotatable bonds is 6. The third-order valence-electron chi connectivity index (χ3n) is 2.46. The van der Waals surface area contributed by atoms with Crippen LogP contribution in [0.2, 0.25) is 0 Å². The number of nitrogens with one attached hydrogen (secondary N) is 1. The highest BCUT2D eigenvalue weighted by Crippen LogP contribution is 2.19. The number of hydrogen-bond donors (Lipinski definition) is 3. The van der Waals surface area contributed by atoms with Gasteiger partial charge in [-0.25, -0.2) is 0 Å². The van der Waals surface area contributed by atoms with Crippen molar-refractivity contribution in [2.45, 2.75) is 19.5 Å². The second-order valence-corrected chi connectivity index (χ2v) is 3.76. The molecule has 0 spiro atoms. The van der Waals surface area contributed by atoms with Gasteiger partial charge >= 0.3 is 0 Å². The summed E-state index contributed by atoms with van der Waals surface area (Å²) in [6.45, 7) is 2.42. The minimum absolute atomic E-state index is 0.0787. The van der Waals surface area contributed by atoms with Crippen molar-refractivity contribution < 1.29 is 14.9 Å². The molecule has 1 aromatic carbocycles. The van der Waals surface area contributed by atoms with E-state index in [1.807, 2.05) is 25.1 Å². The highest BCUT2D eigenvalue weighted by atomic mass is 16.5.